The molecule has 1 rings (SSSR count). The van der Waals surface area contributed by atoms with Gasteiger partial charge in [0.05, 0.1) is 7.11 Å². The second-order valence-corrected chi connectivity index (χ2v) is 6.21. The van der Waals surface area contributed by atoms with Crippen LogP contribution in [0.25, 0.3) is 0 Å². The molecule has 0 amide bonds. The zero-order valence-electron chi connectivity index (χ0n) is 12.0. The number of hydrogen-bond acceptors (Lipinski definition) is 4. The highest BCUT2D eigenvalue weighted by Crippen LogP contribution is 2.39. The Morgan fingerprint density at radius 3 is 2.83 bits per heavy atom. The molecule has 0 aromatic carbocycles. The molecule has 18 heavy (non-hydrogen) atoms. The average Bonchev–Trinajstić information content (AvgIpc) is 2.78. The van der Waals surface area contributed by atoms with Crippen molar-refractivity contribution in [2.75, 3.05) is 25.2 Å². The summed E-state index contributed by atoms with van der Waals surface area (Å²) in [6, 6.07) is 0. The van der Waals surface area contributed by atoms with Crippen LogP contribution < -0.4 is 5.32 Å². The van der Waals surface area contributed by atoms with E-state index in [-0.39, 0.29) is 5.97 Å². The van der Waals surface area contributed by atoms with E-state index in [1.165, 1.54) is 19.3 Å². The standard InChI is InChI=1S/C14H27NO2S/c1-4-10-18-11-8-12-7-6-9-14(12,15-5-2)13(16)17-3/h12,15H,4-11H2,1-3H3. The zero-order chi connectivity index (χ0) is 13.4. The molecule has 4 heteroatoms. The van der Waals surface area contributed by atoms with Gasteiger partial charge >= 0.3 is 5.97 Å². The molecule has 1 aliphatic rings. The lowest BCUT2D eigenvalue weighted by Gasteiger charge is -2.33. The normalized spacial score (nSPS) is 27.4. The molecule has 0 saturated heterocycles. The molecule has 106 valence electrons. The van der Waals surface area contributed by atoms with Crippen LogP contribution in [-0.2, 0) is 9.53 Å². The maximum Gasteiger partial charge on any atom is 0.326 e. The van der Waals surface area contributed by atoms with E-state index in [9.17, 15) is 4.79 Å². The van der Waals surface area contributed by atoms with Crippen molar-refractivity contribution in [1.82, 2.24) is 5.32 Å². The van der Waals surface area contributed by atoms with Crippen LogP contribution in [0.1, 0.15) is 46.0 Å². The van der Waals surface area contributed by atoms with E-state index in [2.05, 4.69) is 19.2 Å². The fourth-order valence-electron chi connectivity index (χ4n) is 3.01. The lowest BCUT2D eigenvalue weighted by molar-refractivity contribution is -0.150. The van der Waals surface area contributed by atoms with Crippen LogP contribution in [0, 0.1) is 5.92 Å². The Balaban J connectivity index is 2.59. The number of ether oxygens (including phenoxy) is 1. The monoisotopic (exact) mass is 273 g/mol. The van der Waals surface area contributed by atoms with Gasteiger partial charge in [-0.05, 0) is 49.7 Å². The van der Waals surface area contributed by atoms with E-state index in [0.717, 1.165) is 38.0 Å². The summed E-state index contributed by atoms with van der Waals surface area (Å²) in [7, 11) is 1.50. The molecule has 1 N–H and O–H groups in total. The lowest BCUT2D eigenvalue weighted by atomic mass is 9.85. The highest BCUT2D eigenvalue weighted by Gasteiger charge is 2.48. The summed E-state index contributed by atoms with van der Waals surface area (Å²) < 4.78 is 5.04. The van der Waals surface area contributed by atoms with Gasteiger partial charge in [0.25, 0.3) is 0 Å². The molecule has 2 unspecified atom stereocenters. The van der Waals surface area contributed by atoms with Crippen molar-refractivity contribution in [3.63, 3.8) is 0 Å². The van der Waals surface area contributed by atoms with Crippen molar-refractivity contribution in [1.29, 1.82) is 0 Å². The molecule has 0 radical (unpaired) electrons. The van der Waals surface area contributed by atoms with Crippen molar-refractivity contribution in [3.05, 3.63) is 0 Å². The van der Waals surface area contributed by atoms with Crippen molar-refractivity contribution in [3.8, 4) is 0 Å². The predicted octanol–water partition coefficient (Wildman–Crippen LogP) is 2.84. The van der Waals surface area contributed by atoms with Crippen LogP contribution >= 0.6 is 11.8 Å². The molecule has 3 nitrogen and oxygen atoms in total. The highest BCUT2D eigenvalue weighted by molar-refractivity contribution is 7.99. The predicted molar refractivity (Wildman–Crippen MR) is 78.0 cm³/mol. The van der Waals surface area contributed by atoms with Crippen LogP contribution in [0.5, 0.6) is 0 Å². The minimum Gasteiger partial charge on any atom is -0.468 e. The Morgan fingerprint density at radius 1 is 1.44 bits per heavy atom. The van der Waals surface area contributed by atoms with E-state index in [1.807, 2.05) is 11.8 Å². The van der Waals surface area contributed by atoms with Gasteiger partial charge in [0.1, 0.15) is 5.54 Å². The number of nitrogens with one attached hydrogen (secondary N) is 1. The van der Waals surface area contributed by atoms with Gasteiger partial charge in [-0.2, -0.15) is 11.8 Å². The van der Waals surface area contributed by atoms with Crippen LogP contribution in [0.4, 0.5) is 0 Å². The maximum atomic E-state index is 12.1. The van der Waals surface area contributed by atoms with Gasteiger partial charge in [-0.15, -0.1) is 0 Å². The molecule has 2 atom stereocenters. The lowest BCUT2D eigenvalue weighted by Crippen LogP contribution is -2.55. The third-order valence-corrected chi connectivity index (χ3v) is 5.04. The summed E-state index contributed by atoms with van der Waals surface area (Å²) >= 11 is 2.00. The molecular formula is C14H27NO2S. The first-order valence-electron chi connectivity index (χ1n) is 7.12. The number of carbonyl (C=O) groups excluding carboxylic acids is 1. The van der Waals surface area contributed by atoms with Gasteiger partial charge < -0.3 is 10.1 Å². The molecule has 0 aromatic rings. The van der Waals surface area contributed by atoms with E-state index < -0.39 is 5.54 Å². The molecule has 1 fully saturated rings. The average molecular weight is 273 g/mol. The van der Waals surface area contributed by atoms with Gasteiger partial charge in [-0.25, -0.2) is 0 Å². The Bertz CT molecular complexity index is 260. The second kappa shape index (κ2) is 8.05. The van der Waals surface area contributed by atoms with Gasteiger partial charge in [0, 0.05) is 0 Å². The Kier molecular flexibility index (Phi) is 7.08. The number of hydrogen-bond donors (Lipinski definition) is 1. The third kappa shape index (κ3) is 3.64. The summed E-state index contributed by atoms with van der Waals surface area (Å²) in [5, 5.41) is 3.42. The molecule has 1 aliphatic carbocycles. The highest BCUT2D eigenvalue weighted by atomic mass is 32.2. The van der Waals surface area contributed by atoms with Crippen LogP contribution in [0.3, 0.4) is 0 Å². The third-order valence-electron chi connectivity index (χ3n) is 3.82. The first kappa shape index (κ1) is 15.8. The number of rotatable bonds is 8. The van der Waals surface area contributed by atoms with Crippen molar-refractivity contribution in [2.45, 2.75) is 51.5 Å². The van der Waals surface area contributed by atoms with Crippen molar-refractivity contribution < 1.29 is 9.53 Å². The van der Waals surface area contributed by atoms with Crippen LogP contribution in [-0.4, -0.2) is 36.7 Å². The van der Waals surface area contributed by atoms with Gasteiger partial charge in [-0.1, -0.05) is 20.3 Å². The summed E-state index contributed by atoms with van der Waals surface area (Å²) in [4.78, 5) is 12.1. The number of methoxy groups -OCH3 is 1. The molecule has 0 bridgehead atoms. The number of thioether (sulfide) groups is 1. The van der Waals surface area contributed by atoms with Crippen LogP contribution in [0.2, 0.25) is 0 Å². The first-order valence-corrected chi connectivity index (χ1v) is 8.28. The maximum absolute atomic E-state index is 12.1. The SMILES string of the molecule is CCCSCCC1CCCC1(NCC)C(=O)OC. The zero-order valence-corrected chi connectivity index (χ0v) is 12.8. The van der Waals surface area contributed by atoms with E-state index in [1.54, 1.807) is 0 Å². The van der Waals surface area contributed by atoms with Crippen LogP contribution in [0.15, 0.2) is 0 Å². The van der Waals surface area contributed by atoms with Gasteiger partial charge in [-0.3, -0.25) is 4.79 Å². The van der Waals surface area contributed by atoms with Crippen molar-refractivity contribution in [2.24, 2.45) is 5.92 Å². The number of carbonyl (C=O) groups is 1. The summed E-state index contributed by atoms with van der Waals surface area (Å²) in [6.07, 6.45) is 5.55. The Labute approximate surface area is 115 Å². The second-order valence-electron chi connectivity index (χ2n) is 4.98. The number of likely N-dealkylation sites (N-methyl/N-ethyl adjacent to an activating group) is 1. The molecule has 0 aromatic heterocycles. The summed E-state index contributed by atoms with van der Waals surface area (Å²) in [6.45, 7) is 5.10. The minimum atomic E-state index is -0.406. The fraction of sp³-hybridized carbons (Fsp3) is 0.929. The smallest absolute Gasteiger partial charge is 0.326 e. The summed E-state index contributed by atoms with van der Waals surface area (Å²) in [5.41, 5.74) is -0.406. The molecule has 0 heterocycles. The van der Waals surface area contributed by atoms with E-state index >= 15 is 0 Å². The Morgan fingerprint density at radius 2 is 2.22 bits per heavy atom. The quantitative estimate of drug-likeness (QED) is 0.545. The largest absolute Gasteiger partial charge is 0.468 e. The molecule has 1 saturated carbocycles. The van der Waals surface area contributed by atoms with E-state index in [4.69, 9.17) is 4.74 Å². The van der Waals surface area contributed by atoms with Gasteiger partial charge in [0.15, 0.2) is 0 Å². The van der Waals surface area contributed by atoms with Crippen molar-refractivity contribution >= 4 is 17.7 Å². The topological polar surface area (TPSA) is 38.3 Å². The molecule has 0 spiro atoms. The van der Waals surface area contributed by atoms with Gasteiger partial charge in [0.2, 0.25) is 0 Å². The Hall–Kier alpha value is -0.220. The fourth-order valence-corrected chi connectivity index (χ4v) is 3.96. The van der Waals surface area contributed by atoms with E-state index in [0.29, 0.717) is 5.92 Å². The summed E-state index contributed by atoms with van der Waals surface area (Å²) in [5.74, 6) is 2.75. The number of esters is 1. The first-order chi connectivity index (χ1) is 8.71. The molecular weight excluding hydrogens is 246 g/mol. The molecule has 0 aliphatic heterocycles. The minimum absolute atomic E-state index is 0.0626.